The van der Waals surface area contributed by atoms with Crippen molar-refractivity contribution in [2.24, 2.45) is 0 Å². The van der Waals surface area contributed by atoms with Crippen LogP contribution in [0.3, 0.4) is 0 Å². The van der Waals surface area contributed by atoms with Crippen LogP contribution in [0, 0.1) is 0 Å². The molecular weight excluding hydrogens is 188 g/mol. The molecule has 0 unspecified atom stereocenters. The summed E-state index contributed by atoms with van der Waals surface area (Å²) >= 11 is 2.97. The molecule has 58 valence electrons. The second-order valence-electron chi connectivity index (χ2n) is 2.57. The Morgan fingerprint density at radius 2 is 1.33 bits per heavy atom. The molecule has 0 atom stereocenters. The molecule has 2 heterocycles. The van der Waals surface area contributed by atoms with Gasteiger partial charge in [-0.1, -0.05) is 12.1 Å². The third-order valence-corrected chi connectivity index (χ3v) is 3.16. The van der Waals surface area contributed by atoms with Crippen LogP contribution in [0.25, 0.3) is 21.8 Å². The van der Waals surface area contributed by atoms with E-state index in [0.29, 0.717) is 0 Å². The molecule has 0 saturated heterocycles. The first kappa shape index (κ1) is 6.51. The number of fused-ring (bicyclic) bond motifs is 3. The lowest BCUT2D eigenvalue weighted by Crippen LogP contribution is -1.70. The Labute approximate surface area is 76.8 Å². The van der Waals surface area contributed by atoms with Gasteiger partial charge in [-0.05, 0) is 23.1 Å². The Kier molecular flexibility index (Phi) is 1.22. The molecular formula is C8H4N2S2. The lowest BCUT2D eigenvalue weighted by Gasteiger charge is -1.87. The van der Waals surface area contributed by atoms with Crippen LogP contribution in [-0.4, -0.2) is 8.75 Å². The first-order valence-corrected chi connectivity index (χ1v) is 5.19. The van der Waals surface area contributed by atoms with Gasteiger partial charge in [0.1, 0.15) is 11.0 Å². The quantitative estimate of drug-likeness (QED) is 0.547. The maximum absolute atomic E-state index is 4.30. The zero-order chi connectivity index (χ0) is 7.97. The summed E-state index contributed by atoms with van der Waals surface area (Å²) < 4.78 is 8.61. The van der Waals surface area contributed by atoms with Gasteiger partial charge in [0.15, 0.2) is 0 Å². The normalized spacial score (nSPS) is 11.3. The van der Waals surface area contributed by atoms with E-state index in [-0.39, 0.29) is 0 Å². The first-order chi connectivity index (χ1) is 5.95. The molecule has 0 aliphatic carbocycles. The van der Waals surface area contributed by atoms with Crippen molar-refractivity contribution < 1.29 is 0 Å². The fourth-order valence-electron chi connectivity index (χ4n) is 1.26. The highest BCUT2D eigenvalue weighted by molar-refractivity contribution is 7.05. The van der Waals surface area contributed by atoms with Gasteiger partial charge in [-0.3, -0.25) is 0 Å². The van der Waals surface area contributed by atoms with Crippen LogP contribution in [0.1, 0.15) is 0 Å². The number of hydrogen-bond donors (Lipinski definition) is 0. The van der Waals surface area contributed by atoms with Gasteiger partial charge in [0.05, 0.1) is 0 Å². The van der Waals surface area contributed by atoms with Crippen molar-refractivity contribution in [2.45, 2.75) is 0 Å². The summed E-state index contributed by atoms with van der Waals surface area (Å²) in [5.41, 5.74) is 2.08. The molecule has 0 amide bonds. The topological polar surface area (TPSA) is 25.8 Å². The molecule has 2 nitrogen and oxygen atoms in total. The maximum Gasteiger partial charge on any atom is 0.111 e. The summed E-state index contributed by atoms with van der Waals surface area (Å²) in [5.74, 6) is 0. The number of hydrogen-bond acceptors (Lipinski definition) is 4. The summed E-state index contributed by atoms with van der Waals surface area (Å²) in [7, 11) is 0. The molecule has 0 N–H and O–H groups in total. The van der Waals surface area contributed by atoms with Gasteiger partial charge in [-0.15, -0.1) is 0 Å². The van der Waals surface area contributed by atoms with E-state index in [1.165, 1.54) is 33.8 Å². The molecule has 0 bridgehead atoms. The first-order valence-electron chi connectivity index (χ1n) is 3.52. The average molecular weight is 192 g/mol. The fraction of sp³-hybridized carbons (Fsp3) is 0. The van der Waals surface area contributed by atoms with Gasteiger partial charge in [-0.2, -0.15) is 8.75 Å². The molecule has 12 heavy (non-hydrogen) atoms. The van der Waals surface area contributed by atoms with Gasteiger partial charge in [0.2, 0.25) is 0 Å². The van der Waals surface area contributed by atoms with Crippen molar-refractivity contribution in [2.75, 3.05) is 0 Å². The molecule has 4 heteroatoms. The fourth-order valence-corrected chi connectivity index (χ4v) is 2.57. The van der Waals surface area contributed by atoms with E-state index in [1.807, 2.05) is 10.8 Å². The van der Waals surface area contributed by atoms with Crippen molar-refractivity contribution in [1.82, 2.24) is 8.75 Å². The zero-order valence-electron chi connectivity index (χ0n) is 6.02. The SMILES string of the molecule is c1cc2csnc2c2nscc12. The minimum atomic E-state index is 1.04. The number of benzene rings is 1. The van der Waals surface area contributed by atoms with Crippen LogP contribution < -0.4 is 0 Å². The lowest BCUT2D eigenvalue weighted by molar-refractivity contribution is 1.64. The summed E-state index contributed by atoms with van der Waals surface area (Å²) in [6.07, 6.45) is 0. The number of nitrogens with zero attached hydrogens (tertiary/aromatic N) is 2. The van der Waals surface area contributed by atoms with Crippen LogP contribution in [0.4, 0.5) is 0 Å². The van der Waals surface area contributed by atoms with Crippen LogP contribution >= 0.6 is 23.1 Å². The van der Waals surface area contributed by atoms with Crippen LogP contribution in [0.5, 0.6) is 0 Å². The van der Waals surface area contributed by atoms with Gasteiger partial charge in [-0.25, -0.2) is 0 Å². The van der Waals surface area contributed by atoms with Crippen LogP contribution in [0.2, 0.25) is 0 Å². The summed E-state index contributed by atoms with van der Waals surface area (Å²) in [4.78, 5) is 0. The summed E-state index contributed by atoms with van der Waals surface area (Å²) in [5, 5.41) is 6.49. The molecule has 3 rings (SSSR count). The molecule has 0 saturated carbocycles. The highest BCUT2D eigenvalue weighted by atomic mass is 32.1. The van der Waals surface area contributed by atoms with Gasteiger partial charge >= 0.3 is 0 Å². The minimum absolute atomic E-state index is 1.04. The Morgan fingerprint density at radius 1 is 0.833 bits per heavy atom. The largest absolute Gasteiger partial charge is 0.190 e. The second-order valence-corrected chi connectivity index (χ2v) is 3.83. The lowest BCUT2D eigenvalue weighted by atomic mass is 10.2. The van der Waals surface area contributed by atoms with E-state index < -0.39 is 0 Å². The van der Waals surface area contributed by atoms with Crippen LogP contribution in [0.15, 0.2) is 22.9 Å². The Balaban J connectivity index is 2.71. The van der Waals surface area contributed by atoms with E-state index in [1.54, 1.807) is 0 Å². The maximum atomic E-state index is 4.30. The molecule has 0 fully saturated rings. The van der Waals surface area contributed by atoms with E-state index in [9.17, 15) is 0 Å². The number of aromatic nitrogens is 2. The van der Waals surface area contributed by atoms with E-state index in [0.717, 1.165) is 11.0 Å². The standard InChI is InChI=1S/C8H4N2S2/c1-2-6-4-12-10-8(6)7-5(1)3-11-9-7/h1-4H. The third-order valence-electron chi connectivity index (χ3n) is 1.86. The van der Waals surface area contributed by atoms with Crippen molar-refractivity contribution in [3.8, 4) is 0 Å². The smallest absolute Gasteiger partial charge is 0.111 e. The van der Waals surface area contributed by atoms with Crippen molar-refractivity contribution in [1.29, 1.82) is 0 Å². The predicted octanol–water partition coefficient (Wildman–Crippen LogP) is 2.91. The van der Waals surface area contributed by atoms with Crippen molar-refractivity contribution in [3.05, 3.63) is 22.9 Å². The van der Waals surface area contributed by atoms with E-state index >= 15 is 0 Å². The van der Waals surface area contributed by atoms with Crippen molar-refractivity contribution in [3.63, 3.8) is 0 Å². The van der Waals surface area contributed by atoms with Crippen molar-refractivity contribution >= 4 is 44.9 Å². The average Bonchev–Trinajstić information content (AvgIpc) is 2.71. The third kappa shape index (κ3) is 0.735. The second kappa shape index (κ2) is 2.24. The molecule has 3 aromatic rings. The van der Waals surface area contributed by atoms with E-state index in [4.69, 9.17) is 0 Å². The monoisotopic (exact) mass is 192 g/mol. The number of rotatable bonds is 0. The molecule has 2 aromatic heterocycles. The molecule has 0 aliphatic heterocycles. The van der Waals surface area contributed by atoms with Gasteiger partial charge in [0, 0.05) is 21.5 Å². The molecule has 0 aliphatic rings. The summed E-state index contributed by atoms with van der Waals surface area (Å²) in [6, 6.07) is 4.19. The summed E-state index contributed by atoms with van der Waals surface area (Å²) in [6.45, 7) is 0. The Morgan fingerprint density at radius 3 is 1.83 bits per heavy atom. The molecule has 0 spiro atoms. The molecule has 0 radical (unpaired) electrons. The predicted molar refractivity (Wildman–Crippen MR) is 52.8 cm³/mol. The van der Waals surface area contributed by atoms with Crippen LogP contribution in [-0.2, 0) is 0 Å². The Bertz CT molecular complexity index is 488. The highest BCUT2D eigenvalue weighted by Gasteiger charge is 2.03. The Hall–Kier alpha value is -1.00. The zero-order valence-corrected chi connectivity index (χ0v) is 7.65. The van der Waals surface area contributed by atoms with Gasteiger partial charge in [0.25, 0.3) is 0 Å². The van der Waals surface area contributed by atoms with Gasteiger partial charge < -0.3 is 0 Å². The van der Waals surface area contributed by atoms with E-state index in [2.05, 4.69) is 20.9 Å². The minimum Gasteiger partial charge on any atom is -0.190 e. The highest BCUT2D eigenvalue weighted by Crippen LogP contribution is 2.25. The molecule has 1 aromatic carbocycles.